The van der Waals surface area contributed by atoms with Crippen molar-refractivity contribution in [1.29, 1.82) is 0 Å². The van der Waals surface area contributed by atoms with Crippen molar-refractivity contribution in [2.24, 2.45) is 0 Å². The average molecular weight is 395 g/mol. The lowest BCUT2D eigenvalue weighted by Crippen LogP contribution is -2.40. The Balaban J connectivity index is 2.88. The maximum Gasteiger partial charge on any atom is 0.250 e. The van der Waals surface area contributed by atoms with E-state index in [1.165, 1.54) is 17.8 Å². The van der Waals surface area contributed by atoms with Crippen molar-refractivity contribution in [2.75, 3.05) is 12.9 Å². The Morgan fingerprint density at radius 2 is 2.28 bits per heavy atom. The van der Waals surface area contributed by atoms with Crippen LogP contribution in [0, 0.1) is 0 Å². The summed E-state index contributed by atoms with van der Waals surface area (Å²) in [6.07, 6.45) is 1.82. The molecule has 0 aliphatic rings. The van der Waals surface area contributed by atoms with Crippen LogP contribution in [0.3, 0.4) is 0 Å². The third kappa shape index (κ3) is 4.09. The molecule has 2 unspecified atom stereocenters. The number of aliphatic hydroxyl groups excluding tert-OH is 1. The summed E-state index contributed by atoms with van der Waals surface area (Å²) >= 11 is 11.5. The van der Waals surface area contributed by atoms with Crippen LogP contribution in [0.15, 0.2) is 14.1 Å². The number of rotatable bonds is 6. The van der Waals surface area contributed by atoms with Crippen molar-refractivity contribution >= 4 is 60.7 Å². The number of aliphatic hydroxyl groups is 1. The number of hydrogen-bond donors (Lipinski definition) is 2. The first-order valence-electron chi connectivity index (χ1n) is 4.92. The molecule has 2 atom stereocenters. The molecule has 0 fully saturated rings. The monoisotopic (exact) mass is 393 g/mol. The lowest BCUT2D eigenvalue weighted by atomic mass is 10.3. The van der Waals surface area contributed by atoms with Crippen LogP contribution >= 0.6 is 50.6 Å². The summed E-state index contributed by atoms with van der Waals surface area (Å²) < 4.78 is 27.4. The average Bonchev–Trinajstić information content (AvgIpc) is 2.61. The Hall–Kier alpha value is 0.690. The van der Waals surface area contributed by atoms with Crippen molar-refractivity contribution in [3.63, 3.8) is 0 Å². The molecule has 0 aliphatic carbocycles. The standard InChI is InChI=1S/C9H13BrClNO3S3/c1-5(7(4-13)16-2)12-18(14,15)8-3-6(11)9(10)17-8/h3,5,7,12-13H,4H2,1-2H3. The van der Waals surface area contributed by atoms with Crippen LogP contribution in [0.25, 0.3) is 0 Å². The summed E-state index contributed by atoms with van der Waals surface area (Å²) in [7, 11) is -3.60. The second-order valence-corrected chi connectivity index (χ2v) is 9.35. The van der Waals surface area contributed by atoms with Gasteiger partial charge in [-0.05, 0) is 35.2 Å². The first-order chi connectivity index (χ1) is 8.31. The molecule has 1 aromatic rings. The zero-order valence-corrected chi connectivity index (χ0v) is 14.5. The van der Waals surface area contributed by atoms with Crippen LogP contribution in [-0.4, -0.2) is 37.7 Å². The molecule has 1 heterocycles. The number of nitrogens with one attached hydrogen (secondary N) is 1. The van der Waals surface area contributed by atoms with Crippen LogP contribution in [-0.2, 0) is 10.0 Å². The molecule has 0 saturated heterocycles. The third-order valence-corrected chi connectivity index (χ3v) is 7.94. The molecule has 9 heteroatoms. The van der Waals surface area contributed by atoms with Crippen molar-refractivity contribution in [2.45, 2.75) is 22.4 Å². The Labute approximate surface area is 128 Å². The maximum absolute atomic E-state index is 12.1. The van der Waals surface area contributed by atoms with E-state index in [0.717, 1.165) is 11.3 Å². The number of halogens is 2. The van der Waals surface area contributed by atoms with Gasteiger partial charge in [0.05, 0.1) is 15.4 Å². The Bertz CT molecular complexity index is 482. The molecule has 1 rings (SSSR count). The van der Waals surface area contributed by atoms with Gasteiger partial charge in [0.15, 0.2) is 0 Å². The van der Waals surface area contributed by atoms with E-state index in [-0.39, 0.29) is 22.1 Å². The quantitative estimate of drug-likeness (QED) is 0.778. The first kappa shape index (κ1) is 16.7. The molecule has 0 radical (unpaired) electrons. The summed E-state index contributed by atoms with van der Waals surface area (Å²) in [6, 6.07) is 1.04. The summed E-state index contributed by atoms with van der Waals surface area (Å²) in [4.78, 5) is 0. The highest BCUT2D eigenvalue weighted by Gasteiger charge is 2.25. The molecule has 0 amide bonds. The maximum atomic E-state index is 12.1. The fourth-order valence-corrected chi connectivity index (χ4v) is 5.69. The Morgan fingerprint density at radius 3 is 2.67 bits per heavy atom. The number of hydrogen-bond acceptors (Lipinski definition) is 5. The Kier molecular flexibility index (Phi) is 6.43. The van der Waals surface area contributed by atoms with Gasteiger partial charge in [-0.25, -0.2) is 13.1 Å². The Morgan fingerprint density at radius 1 is 1.67 bits per heavy atom. The zero-order valence-electron chi connectivity index (χ0n) is 9.68. The number of thiophene rings is 1. The molecule has 0 spiro atoms. The smallest absolute Gasteiger partial charge is 0.250 e. The predicted molar refractivity (Wildman–Crippen MR) is 81.2 cm³/mol. The molecule has 18 heavy (non-hydrogen) atoms. The second kappa shape index (κ2) is 6.92. The van der Waals surface area contributed by atoms with Gasteiger partial charge in [0.1, 0.15) is 4.21 Å². The highest BCUT2D eigenvalue weighted by molar-refractivity contribution is 9.11. The van der Waals surface area contributed by atoms with Gasteiger partial charge in [0.2, 0.25) is 10.0 Å². The van der Waals surface area contributed by atoms with Crippen molar-refractivity contribution < 1.29 is 13.5 Å². The van der Waals surface area contributed by atoms with Crippen molar-refractivity contribution in [3.8, 4) is 0 Å². The van der Waals surface area contributed by atoms with Crippen molar-refractivity contribution in [3.05, 3.63) is 14.9 Å². The van der Waals surface area contributed by atoms with Gasteiger partial charge in [-0.3, -0.25) is 0 Å². The SMILES string of the molecule is CSC(CO)C(C)NS(=O)(=O)c1cc(Cl)c(Br)s1. The van der Waals surface area contributed by atoms with Crippen LogP contribution in [0.5, 0.6) is 0 Å². The van der Waals surface area contributed by atoms with E-state index in [1.807, 2.05) is 6.26 Å². The fourth-order valence-electron chi connectivity index (χ4n) is 1.27. The van der Waals surface area contributed by atoms with Gasteiger partial charge >= 0.3 is 0 Å². The van der Waals surface area contributed by atoms with Gasteiger partial charge < -0.3 is 5.11 Å². The first-order valence-corrected chi connectivity index (χ1v) is 9.68. The van der Waals surface area contributed by atoms with E-state index in [2.05, 4.69) is 20.7 Å². The minimum atomic E-state index is -3.60. The summed E-state index contributed by atoms with van der Waals surface area (Å²) in [5, 5.41) is 9.32. The number of thioether (sulfide) groups is 1. The minimum Gasteiger partial charge on any atom is -0.395 e. The van der Waals surface area contributed by atoms with E-state index >= 15 is 0 Å². The molecule has 0 saturated carbocycles. The molecule has 4 nitrogen and oxygen atoms in total. The fraction of sp³-hybridized carbons (Fsp3) is 0.556. The summed E-state index contributed by atoms with van der Waals surface area (Å²) in [5.41, 5.74) is 0. The molecule has 104 valence electrons. The molecular weight excluding hydrogens is 382 g/mol. The van der Waals surface area contributed by atoms with Gasteiger partial charge in [0.25, 0.3) is 0 Å². The number of sulfonamides is 1. The lowest BCUT2D eigenvalue weighted by molar-refractivity contribution is 0.282. The third-order valence-electron chi connectivity index (χ3n) is 2.27. The van der Waals surface area contributed by atoms with Crippen LogP contribution in [0.1, 0.15) is 6.92 Å². The topological polar surface area (TPSA) is 66.4 Å². The van der Waals surface area contributed by atoms with Crippen LogP contribution in [0.2, 0.25) is 5.02 Å². The normalized spacial score (nSPS) is 15.6. The largest absolute Gasteiger partial charge is 0.395 e. The molecule has 0 bridgehead atoms. The van der Waals surface area contributed by atoms with E-state index in [4.69, 9.17) is 16.7 Å². The molecule has 1 aromatic heterocycles. The highest BCUT2D eigenvalue weighted by atomic mass is 79.9. The van der Waals surface area contributed by atoms with E-state index < -0.39 is 10.0 Å². The van der Waals surface area contributed by atoms with E-state index in [1.54, 1.807) is 6.92 Å². The minimum absolute atomic E-state index is 0.0836. The second-order valence-electron chi connectivity index (χ2n) is 3.55. The van der Waals surface area contributed by atoms with Gasteiger partial charge in [-0.2, -0.15) is 11.8 Å². The molecule has 2 N–H and O–H groups in total. The van der Waals surface area contributed by atoms with Crippen LogP contribution in [0.4, 0.5) is 0 Å². The zero-order chi connectivity index (χ0) is 13.9. The van der Waals surface area contributed by atoms with E-state index in [9.17, 15) is 8.42 Å². The summed E-state index contributed by atoms with van der Waals surface area (Å²) in [5.74, 6) is 0. The van der Waals surface area contributed by atoms with Gasteiger partial charge in [0, 0.05) is 11.3 Å². The van der Waals surface area contributed by atoms with E-state index in [0.29, 0.717) is 8.81 Å². The van der Waals surface area contributed by atoms with Crippen LogP contribution < -0.4 is 4.72 Å². The predicted octanol–water partition coefficient (Wildman–Crippen LogP) is 2.55. The lowest BCUT2D eigenvalue weighted by Gasteiger charge is -2.20. The van der Waals surface area contributed by atoms with Gasteiger partial charge in [-0.1, -0.05) is 11.6 Å². The summed E-state index contributed by atoms with van der Waals surface area (Å²) in [6.45, 7) is 1.64. The van der Waals surface area contributed by atoms with Crippen molar-refractivity contribution in [1.82, 2.24) is 4.72 Å². The molecule has 0 aliphatic heterocycles. The van der Waals surface area contributed by atoms with Gasteiger partial charge in [-0.15, -0.1) is 11.3 Å². The molecule has 0 aromatic carbocycles. The molecular formula is C9H13BrClNO3S3. The highest BCUT2D eigenvalue weighted by Crippen LogP contribution is 2.34.